The van der Waals surface area contributed by atoms with Crippen LogP contribution in [0.5, 0.6) is 0 Å². The Kier molecular flexibility index (Phi) is 3.24. The van der Waals surface area contributed by atoms with Crippen LogP contribution in [0.25, 0.3) is 43.9 Å². The molecule has 2 aromatic heterocycles. The van der Waals surface area contributed by atoms with Crippen LogP contribution in [0.2, 0.25) is 10.0 Å². The number of rotatable bonds is 0. The molecule has 6 heteroatoms. The van der Waals surface area contributed by atoms with Gasteiger partial charge >= 0.3 is 0 Å². The van der Waals surface area contributed by atoms with Gasteiger partial charge in [-0.15, -0.1) is 0 Å². The summed E-state index contributed by atoms with van der Waals surface area (Å²) in [5, 5.41) is 5.12. The van der Waals surface area contributed by atoms with Crippen LogP contribution in [-0.2, 0) is 0 Å². The number of fused-ring (bicyclic) bond motifs is 6. The molecule has 0 fully saturated rings. The minimum atomic E-state index is 0.637. The van der Waals surface area contributed by atoms with E-state index in [9.17, 15) is 0 Å². The molecular weight excluding hydrogens is 479 g/mol. The van der Waals surface area contributed by atoms with E-state index in [0.717, 1.165) is 52.8 Å². The standard InChI is InChI=1S/C18H6Br2Cl2O2/c19-15-13-9-3-1-7(21)5-11(9)23-17(13)16(20)14-10-4-2-8(22)6-12(10)24-18(14)15/h1-6H. The van der Waals surface area contributed by atoms with Gasteiger partial charge in [-0.3, -0.25) is 0 Å². The normalized spacial score (nSPS) is 12.2. The Labute approximate surface area is 162 Å². The van der Waals surface area contributed by atoms with Crippen LogP contribution in [0.15, 0.2) is 54.2 Å². The van der Waals surface area contributed by atoms with Crippen LogP contribution in [-0.4, -0.2) is 0 Å². The Morgan fingerprint density at radius 2 is 1.08 bits per heavy atom. The lowest BCUT2D eigenvalue weighted by atomic mass is 10.1. The van der Waals surface area contributed by atoms with E-state index < -0.39 is 0 Å². The van der Waals surface area contributed by atoms with E-state index in [1.54, 1.807) is 0 Å². The molecule has 5 aromatic rings. The Balaban J connectivity index is 2.08. The smallest absolute Gasteiger partial charge is 0.151 e. The topological polar surface area (TPSA) is 26.3 Å². The van der Waals surface area contributed by atoms with Crippen LogP contribution in [0.4, 0.5) is 0 Å². The fourth-order valence-corrected chi connectivity index (χ4v) is 4.78. The van der Waals surface area contributed by atoms with Gasteiger partial charge in [-0.05, 0) is 56.1 Å². The maximum absolute atomic E-state index is 6.09. The first-order chi connectivity index (χ1) is 11.5. The minimum Gasteiger partial charge on any atom is -0.455 e. The fourth-order valence-electron chi connectivity index (χ4n) is 3.11. The van der Waals surface area contributed by atoms with Crippen molar-refractivity contribution >= 4 is 98.9 Å². The maximum Gasteiger partial charge on any atom is 0.151 e. The molecule has 5 rings (SSSR count). The van der Waals surface area contributed by atoms with Crippen LogP contribution in [0.3, 0.4) is 0 Å². The van der Waals surface area contributed by atoms with Gasteiger partial charge in [-0.2, -0.15) is 0 Å². The van der Waals surface area contributed by atoms with Gasteiger partial charge in [0.2, 0.25) is 0 Å². The number of furan rings is 2. The number of hydrogen-bond acceptors (Lipinski definition) is 2. The minimum absolute atomic E-state index is 0.637. The van der Waals surface area contributed by atoms with E-state index in [4.69, 9.17) is 32.0 Å². The summed E-state index contributed by atoms with van der Waals surface area (Å²) in [4.78, 5) is 0. The predicted molar refractivity (Wildman–Crippen MR) is 106 cm³/mol. The van der Waals surface area contributed by atoms with E-state index >= 15 is 0 Å². The molecule has 0 radical (unpaired) electrons. The fraction of sp³-hybridized carbons (Fsp3) is 0. The molecule has 0 saturated heterocycles. The van der Waals surface area contributed by atoms with Crippen LogP contribution in [0.1, 0.15) is 0 Å². The van der Waals surface area contributed by atoms with E-state index in [1.807, 2.05) is 36.4 Å². The summed E-state index contributed by atoms with van der Waals surface area (Å²) >= 11 is 19.6. The second kappa shape index (κ2) is 5.15. The molecule has 0 unspecified atom stereocenters. The van der Waals surface area contributed by atoms with Crippen molar-refractivity contribution in [1.29, 1.82) is 0 Å². The molecule has 0 saturated carbocycles. The van der Waals surface area contributed by atoms with Gasteiger partial charge < -0.3 is 8.83 Å². The zero-order valence-corrected chi connectivity index (χ0v) is 16.5. The first-order valence-corrected chi connectivity index (χ1v) is 9.39. The molecule has 24 heavy (non-hydrogen) atoms. The Bertz CT molecular complexity index is 1200. The summed E-state index contributed by atoms with van der Waals surface area (Å²) in [6.45, 7) is 0. The van der Waals surface area contributed by atoms with Gasteiger partial charge in [0, 0.05) is 43.7 Å². The van der Waals surface area contributed by atoms with Crippen molar-refractivity contribution in [2.45, 2.75) is 0 Å². The second-order valence-electron chi connectivity index (χ2n) is 5.52. The molecule has 0 spiro atoms. The molecule has 0 bridgehead atoms. The highest BCUT2D eigenvalue weighted by atomic mass is 79.9. The average molecular weight is 485 g/mol. The predicted octanol–water partition coefficient (Wildman–Crippen LogP) is 8.32. The quantitative estimate of drug-likeness (QED) is 0.221. The lowest BCUT2D eigenvalue weighted by Crippen LogP contribution is -1.76. The second-order valence-corrected chi connectivity index (χ2v) is 7.98. The molecule has 118 valence electrons. The zero-order chi connectivity index (χ0) is 16.6. The van der Waals surface area contributed by atoms with Crippen molar-refractivity contribution in [2.75, 3.05) is 0 Å². The molecule has 3 aromatic carbocycles. The molecule has 0 aliphatic heterocycles. The molecule has 0 amide bonds. The van der Waals surface area contributed by atoms with Gasteiger partial charge in [0.1, 0.15) is 11.2 Å². The Morgan fingerprint density at radius 3 is 1.50 bits per heavy atom. The third-order valence-electron chi connectivity index (χ3n) is 4.14. The van der Waals surface area contributed by atoms with Gasteiger partial charge in [-0.25, -0.2) is 0 Å². The van der Waals surface area contributed by atoms with E-state index in [2.05, 4.69) is 31.9 Å². The third kappa shape index (κ3) is 1.94. The summed E-state index contributed by atoms with van der Waals surface area (Å²) in [5.41, 5.74) is 2.98. The van der Waals surface area contributed by atoms with Gasteiger partial charge in [0.15, 0.2) is 11.2 Å². The molecule has 0 N–H and O–H groups in total. The number of benzene rings is 3. The van der Waals surface area contributed by atoms with E-state index in [1.165, 1.54) is 0 Å². The highest BCUT2D eigenvalue weighted by Crippen LogP contribution is 2.47. The van der Waals surface area contributed by atoms with Crippen molar-refractivity contribution in [1.82, 2.24) is 0 Å². The zero-order valence-electron chi connectivity index (χ0n) is 11.8. The van der Waals surface area contributed by atoms with E-state index in [0.29, 0.717) is 10.0 Å². The lowest BCUT2D eigenvalue weighted by Gasteiger charge is -2.00. The summed E-state index contributed by atoms with van der Waals surface area (Å²) in [6, 6.07) is 11.2. The monoisotopic (exact) mass is 482 g/mol. The number of hydrogen-bond donors (Lipinski definition) is 0. The average Bonchev–Trinajstić information content (AvgIpc) is 3.10. The van der Waals surface area contributed by atoms with Crippen LogP contribution < -0.4 is 0 Å². The van der Waals surface area contributed by atoms with Gasteiger partial charge in [0.25, 0.3) is 0 Å². The van der Waals surface area contributed by atoms with Crippen LogP contribution in [0, 0.1) is 0 Å². The van der Waals surface area contributed by atoms with Gasteiger partial charge in [0.05, 0.1) is 8.95 Å². The molecule has 2 nitrogen and oxygen atoms in total. The summed E-state index contributed by atoms with van der Waals surface area (Å²) in [5.74, 6) is 0. The van der Waals surface area contributed by atoms with Gasteiger partial charge in [-0.1, -0.05) is 23.2 Å². The summed E-state index contributed by atoms with van der Waals surface area (Å²) in [7, 11) is 0. The Hall–Kier alpha value is -1.20. The summed E-state index contributed by atoms with van der Waals surface area (Å²) < 4.78 is 13.8. The SMILES string of the molecule is Clc1ccc2c(c1)oc1c(Br)c3c(oc4cc(Cl)ccc43)c(Br)c12. The van der Waals surface area contributed by atoms with Crippen LogP contribution >= 0.6 is 55.1 Å². The van der Waals surface area contributed by atoms with Crippen molar-refractivity contribution in [3.63, 3.8) is 0 Å². The third-order valence-corrected chi connectivity index (χ3v) is 6.13. The van der Waals surface area contributed by atoms with Crippen molar-refractivity contribution < 1.29 is 8.83 Å². The molecule has 0 atom stereocenters. The van der Waals surface area contributed by atoms with Crippen molar-refractivity contribution in [3.8, 4) is 0 Å². The first kappa shape index (κ1) is 15.1. The van der Waals surface area contributed by atoms with Crippen molar-refractivity contribution in [2.24, 2.45) is 0 Å². The molecule has 2 heterocycles. The van der Waals surface area contributed by atoms with E-state index in [-0.39, 0.29) is 0 Å². The highest BCUT2D eigenvalue weighted by molar-refractivity contribution is 9.11. The molecular formula is C18H6Br2Cl2O2. The molecule has 0 aliphatic carbocycles. The number of halogens is 4. The van der Waals surface area contributed by atoms with Crippen molar-refractivity contribution in [3.05, 3.63) is 55.4 Å². The Morgan fingerprint density at radius 1 is 0.667 bits per heavy atom. The largest absolute Gasteiger partial charge is 0.455 e. The molecule has 0 aliphatic rings. The maximum atomic E-state index is 6.09. The highest BCUT2D eigenvalue weighted by Gasteiger charge is 2.22. The lowest BCUT2D eigenvalue weighted by molar-refractivity contribution is 0.661. The first-order valence-electron chi connectivity index (χ1n) is 7.05. The summed E-state index contributed by atoms with van der Waals surface area (Å²) in [6.07, 6.45) is 0.